The molecule has 17 heavy (non-hydrogen) atoms. The monoisotopic (exact) mass is 254 g/mol. The zero-order chi connectivity index (χ0) is 12.3. The molecule has 1 aliphatic heterocycles. The Balaban J connectivity index is 1.90. The molecule has 0 amide bonds. The summed E-state index contributed by atoms with van der Waals surface area (Å²) in [5, 5.41) is 4.41. The van der Waals surface area contributed by atoms with Gasteiger partial charge in [0.1, 0.15) is 5.76 Å². The van der Waals surface area contributed by atoms with Crippen LogP contribution in [0.15, 0.2) is 22.8 Å². The Morgan fingerprint density at radius 2 is 2.41 bits per heavy atom. The minimum Gasteiger partial charge on any atom is -0.468 e. The van der Waals surface area contributed by atoms with Crippen LogP contribution < -0.4 is 5.32 Å². The van der Waals surface area contributed by atoms with Crippen molar-refractivity contribution in [3.63, 3.8) is 0 Å². The van der Waals surface area contributed by atoms with Gasteiger partial charge in [-0.15, -0.1) is 0 Å². The SMILES string of the molecule is CC1SCCC1NCC(c1ccco1)N(C)C. The topological polar surface area (TPSA) is 28.4 Å². The van der Waals surface area contributed by atoms with Crippen molar-refractivity contribution < 1.29 is 4.42 Å². The second-order valence-electron chi connectivity index (χ2n) is 4.87. The summed E-state index contributed by atoms with van der Waals surface area (Å²) in [6.07, 6.45) is 3.03. The zero-order valence-corrected chi connectivity index (χ0v) is 11.7. The highest BCUT2D eigenvalue weighted by atomic mass is 32.2. The number of furan rings is 1. The van der Waals surface area contributed by atoms with Crippen molar-refractivity contribution in [3.05, 3.63) is 24.2 Å². The Morgan fingerprint density at radius 1 is 1.59 bits per heavy atom. The molecule has 3 nitrogen and oxygen atoms in total. The van der Waals surface area contributed by atoms with Crippen molar-refractivity contribution in [2.75, 3.05) is 26.4 Å². The molecule has 96 valence electrons. The van der Waals surface area contributed by atoms with Gasteiger partial charge in [0.25, 0.3) is 0 Å². The summed E-state index contributed by atoms with van der Waals surface area (Å²) in [7, 11) is 4.20. The summed E-state index contributed by atoms with van der Waals surface area (Å²) in [5.74, 6) is 2.33. The van der Waals surface area contributed by atoms with Crippen LogP contribution in [0.1, 0.15) is 25.1 Å². The average Bonchev–Trinajstić information content (AvgIpc) is 2.91. The molecule has 2 heterocycles. The molecule has 2 rings (SSSR count). The minimum atomic E-state index is 0.322. The quantitative estimate of drug-likeness (QED) is 0.873. The van der Waals surface area contributed by atoms with Gasteiger partial charge in [-0.05, 0) is 38.4 Å². The fraction of sp³-hybridized carbons (Fsp3) is 0.692. The van der Waals surface area contributed by atoms with Crippen molar-refractivity contribution in [2.24, 2.45) is 0 Å². The van der Waals surface area contributed by atoms with E-state index in [-0.39, 0.29) is 0 Å². The molecule has 0 aromatic carbocycles. The first-order valence-corrected chi connectivity index (χ1v) is 7.28. The molecule has 3 unspecified atom stereocenters. The third kappa shape index (κ3) is 3.27. The smallest absolute Gasteiger partial charge is 0.122 e. The zero-order valence-electron chi connectivity index (χ0n) is 10.8. The van der Waals surface area contributed by atoms with Crippen molar-refractivity contribution in [1.82, 2.24) is 10.2 Å². The number of likely N-dealkylation sites (N-methyl/N-ethyl adjacent to an activating group) is 1. The minimum absolute atomic E-state index is 0.322. The molecule has 0 aliphatic carbocycles. The summed E-state index contributed by atoms with van der Waals surface area (Å²) < 4.78 is 5.51. The molecule has 0 radical (unpaired) electrons. The number of nitrogens with one attached hydrogen (secondary N) is 1. The summed E-state index contributed by atoms with van der Waals surface area (Å²) in [4.78, 5) is 2.21. The number of nitrogens with zero attached hydrogens (tertiary/aromatic N) is 1. The highest BCUT2D eigenvalue weighted by molar-refractivity contribution is 8.00. The van der Waals surface area contributed by atoms with Gasteiger partial charge in [-0.1, -0.05) is 6.92 Å². The highest BCUT2D eigenvalue weighted by Crippen LogP contribution is 2.27. The summed E-state index contributed by atoms with van der Waals surface area (Å²) in [5.41, 5.74) is 0. The van der Waals surface area contributed by atoms with E-state index >= 15 is 0 Å². The second kappa shape index (κ2) is 5.94. The summed E-state index contributed by atoms with van der Waals surface area (Å²) in [6, 6.07) is 4.99. The standard InChI is InChI=1S/C13H22N2OS/c1-10-11(6-8-17-10)14-9-12(15(2)3)13-5-4-7-16-13/h4-5,7,10-12,14H,6,8-9H2,1-3H3. The van der Waals surface area contributed by atoms with E-state index in [0.717, 1.165) is 17.6 Å². The van der Waals surface area contributed by atoms with Gasteiger partial charge in [0.15, 0.2) is 0 Å². The van der Waals surface area contributed by atoms with Crippen molar-refractivity contribution in [2.45, 2.75) is 30.7 Å². The number of thioether (sulfide) groups is 1. The summed E-state index contributed by atoms with van der Waals surface area (Å²) >= 11 is 2.06. The molecule has 1 saturated heterocycles. The van der Waals surface area contributed by atoms with Crippen molar-refractivity contribution in [3.8, 4) is 0 Å². The lowest BCUT2D eigenvalue weighted by Gasteiger charge is -2.25. The predicted octanol–water partition coefficient (Wildman–Crippen LogP) is 2.37. The van der Waals surface area contributed by atoms with Gasteiger partial charge in [-0.2, -0.15) is 11.8 Å². The van der Waals surface area contributed by atoms with Crippen LogP contribution in [0.5, 0.6) is 0 Å². The van der Waals surface area contributed by atoms with E-state index in [4.69, 9.17) is 4.42 Å². The van der Waals surface area contributed by atoms with Crippen LogP contribution in [-0.4, -0.2) is 42.6 Å². The lowest BCUT2D eigenvalue weighted by molar-refractivity contribution is 0.243. The van der Waals surface area contributed by atoms with E-state index < -0.39 is 0 Å². The first kappa shape index (κ1) is 13.0. The average molecular weight is 254 g/mol. The first-order valence-electron chi connectivity index (χ1n) is 6.23. The maximum absolute atomic E-state index is 5.51. The molecule has 1 N–H and O–H groups in total. The van der Waals surface area contributed by atoms with Gasteiger partial charge >= 0.3 is 0 Å². The van der Waals surface area contributed by atoms with Gasteiger partial charge in [0, 0.05) is 17.8 Å². The Kier molecular flexibility index (Phi) is 4.54. The molecule has 0 bridgehead atoms. The van der Waals surface area contributed by atoms with Gasteiger partial charge < -0.3 is 9.73 Å². The normalized spacial score (nSPS) is 26.6. The van der Waals surface area contributed by atoms with Crippen LogP contribution in [0.3, 0.4) is 0 Å². The van der Waals surface area contributed by atoms with Crippen LogP contribution in [0.25, 0.3) is 0 Å². The Morgan fingerprint density at radius 3 is 2.94 bits per heavy atom. The molecule has 1 aliphatic rings. The number of hydrogen-bond acceptors (Lipinski definition) is 4. The fourth-order valence-electron chi connectivity index (χ4n) is 2.28. The van der Waals surface area contributed by atoms with E-state index in [1.807, 2.05) is 6.07 Å². The largest absolute Gasteiger partial charge is 0.468 e. The fourth-order valence-corrected chi connectivity index (χ4v) is 3.51. The molecule has 0 spiro atoms. The third-order valence-electron chi connectivity index (χ3n) is 3.44. The molecular weight excluding hydrogens is 232 g/mol. The van der Waals surface area contributed by atoms with E-state index in [1.165, 1.54) is 12.2 Å². The van der Waals surface area contributed by atoms with Crippen LogP contribution in [0, 0.1) is 0 Å². The molecule has 1 aromatic rings. The van der Waals surface area contributed by atoms with E-state index in [2.05, 4.69) is 49.1 Å². The van der Waals surface area contributed by atoms with Gasteiger partial charge in [0.2, 0.25) is 0 Å². The van der Waals surface area contributed by atoms with Crippen molar-refractivity contribution in [1.29, 1.82) is 0 Å². The highest BCUT2D eigenvalue weighted by Gasteiger charge is 2.25. The summed E-state index contributed by atoms with van der Waals surface area (Å²) in [6.45, 7) is 3.27. The lowest BCUT2D eigenvalue weighted by Crippen LogP contribution is -2.39. The van der Waals surface area contributed by atoms with E-state index in [0.29, 0.717) is 12.1 Å². The Hall–Kier alpha value is -0.450. The number of rotatable bonds is 5. The van der Waals surface area contributed by atoms with Crippen molar-refractivity contribution >= 4 is 11.8 Å². The molecule has 1 fully saturated rings. The lowest BCUT2D eigenvalue weighted by atomic mass is 10.1. The first-order chi connectivity index (χ1) is 8.18. The molecule has 4 heteroatoms. The van der Waals surface area contributed by atoms with E-state index in [9.17, 15) is 0 Å². The van der Waals surface area contributed by atoms with Crippen LogP contribution in [-0.2, 0) is 0 Å². The third-order valence-corrected chi connectivity index (χ3v) is 4.77. The van der Waals surface area contributed by atoms with Crippen LogP contribution >= 0.6 is 11.8 Å². The van der Waals surface area contributed by atoms with Gasteiger partial charge in [-0.3, -0.25) is 4.90 Å². The maximum atomic E-state index is 5.51. The predicted molar refractivity (Wildman–Crippen MR) is 73.5 cm³/mol. The van der Waals surface area contributed by atoms with Crippen LogP contribution in [0.2, 0.25) is 0 Å². The molecule has 3 atom stereocenters. The van der Waals surface area contributed by atoms with Gasteiger partial charge in [-0.25, -0.2) is 0 Å². The second-order valence-corrected chi connectivity index (χ2v) is 6.36. The molecule has 1 aromatic heterocycles. The van der Waals surface area contributed by atoms with Gasteiger partial charge in [0.05, 0.1) is 12.3 Å². The number of hydrogen-bond donors (Lipinski definition) is 1. The van der Waals surface area contributed by atoms with Crippen LogP contribution in [0.4, 0.5) is 0 Å². The maximum Gasteiger partial charge on any atom is 0.122 e. The Labute approximate surface area is 108 Å². The molecule has 0 saturated carbocycles. The molecular formula is C13H22N2OS. The Bertz CT molecular complexity index is 326. The van der Waals surface area contributed by atoms with E-state index in [1.54, 1.807) is 6.26 Å².